The Kier molecular flexibility index (Phi) is 4.97. The van der Waals surface area contributed by atoms with Crippen molar-refractivity contribution in [2.45, 2.75) is 26.0 Å². The molecule has 1 aliphatic heterocycles. The smallest absolute Gasteiger partial charge is 0.246 e. The lowest BCUT2D eigenvalue weighted by atomic mass is 10.2. The highest BCUT2D eigenvalue weighted by Crippen LogP contribution is 2.22. The maximum absolute atomic E-state index is 12.2. The van der Waals surface area contributed by atoms with Crippen molar-refractivity contribution in [3.05, 3.63) is 54.1 Å². The Balaban J connectivity index is 1.30. The quantitative estimate of drug-likeness (QED) is 0.709. The summed E-state index contributed by atoms with van der Waals surface area (Å²) in [5.41, 5.74) is 1.80. The number of nitrogens with one attached hydrogen (secondary N) is 1. The number of aromatic nitrogens is 4. The summed E-state index contributed by atoms with van der Waals surface area (Å²) < 4.78 is 7.43. The Labute approximate surface area is 157 Å². The standard InChI is InChI=1S/C19H22N6O2/c1-14-22-23-19-18(20-8-10-25(14)19)24-9-7-16(11-24)21-17(26)13-27-12-15-5-3-2-4-6-15/h2-6,8,10,16H,7,9,11-13H2,1H3,(H,21,26)/t16-/m1/s1. The SMILES string of the molecule is Cc1nnc2c(N3CC[C@@H](NC(=O)COCc4ccccc4)C3)nccn12. The van der Waals surface area contributed by atoms with Crippen LogP contribution >= 0.6 is 0 Å². The Morgan fingerprint density at radius 1 is 1.30 bits per heavy atom. The second-order valence-corrected chi connectivity index (χ2v) is 6.67. The average Bonchev–Trinajstić information content (AvgIpc) is 3.30. The molecule has 0 radical (unpaired) electrons. The highest BCUT2D eigenvalue weighted by molar-refractivity contribution is 5.77. The fourth-order valence-corrected chi connectivity index (χ4v) is 3.33. The lowest BCUT2D eigenvalue weighted by Gasteiger charge is -2.18. The van der Waals surface area contributed by atoms with Crippen molar-refractivity contribution < 1.29 is 9.53 Å². The van der Waals surface area contributed by atoms with Crippen molar-refractivity contribution in [3.8, 4) is 0 Å². The Morgan fingerprint density at radius 3 is 3.00 bits per heavy atom. The van der Waals surface area contributed by atoms with Crippen molar-refractivity contribution in [2.24, 2.45) is 0 Å². The molecule has 3 aromatic rings. The maximum Gasteiger partial charge on any atom is 0.246 e. The molecule has 8 nitrogen and oxygen atoms in total. The zero-order valence-electron chi connectivity index (χ0n) is 15.2. The van der Waals surface area contributed by atoms with Gasteiger partial charge >= 0.3 is 0 Å². The van der Waals surface area contributed by atoms with E-state index in [1.165, 1.54) is 0 Å². The molecule has 140 valence electrons. The molecule has 1 N–H and O–H groups in total. The van der Waals surface area contributed by atoms with Gasteiger partial charge in [0.1, 0.15) is 12.4 Å². The molecule has 0 aliphatic carbocycles. The van der Waals surface area contributed by atoms with Crippen molar-refractivity contribution in [3.63, 3.8) is 0 Å². The van der Waals surface area contributed by atoms with Gasteiger partial charge < -0.3 is 15.0 Å². The van der Waals surface area contributed by atoms with E-state index < -0.39 is 0 Å². The molecule has 1 fully saturated rings. The molecule has 0 unspecified atom stereocenters. The summed E-state index contributed by atoms with van der Waals surface area (Å²) in [6, 6.07) is 9.90. The van der Waals surface area contributed by atoms with Gasteiger partial charge in [-0.3, -0.25) is 9.20 Å². The van der Waals surface area contributed by atoms with Crippen LogP contribution in [0.1, 0.15) is 17.8 Å². The summed E-state index contributed by atoms with van der Waals surface area (Å²) in [5, 5.41) is 11.4. The zero-order chi connectivity index (χ0) is 18.6. The molecule has 4 rings (SSSR count). The van der Waals surface area contributed by atoms with Gasteiger partial charge in [-0.05, 0) is 18.9 Å². The van der Waals surface area contributed by atoms with Gasteiger partial charge in [0.05, 0.1) is 6.61 Å². The molecule has 1 aromatic carbocycles. The number of aryl methyl sites for hydroxylation is 1. The van der Waals surface area contributed by atoms with Crippen molar-refractivity contribution in [2.75, 3.05) is 24.6 Å². The molecular formula is C19H22N6O2. The summed E-state index contributed by atoms with van der Waals surface area (Å²) in [6.07, 6.45) is 4.47. The summed E-state index contributed by atoms with van der Waals surface area (Å²) in [7, 11) is 0. The molecule has 3 heterocycles. The lowest BCUT2D eigenvalue weighted by molar-refractivity contribution is -0.126. The van der Waals surface area contributed by atoms with Gasteiger partial charge in [0.25, 0.3) is 0 Å². The maximum atomic E-state index is 12.2. The number of hydrogen-bond acceptors (Lipinski definition) is 6. The summed E-state index contributed by atoms with van der Waals surface area (Å²) in [4.78, 5) is 18.8. The van der Waals surface area contributed by atoms with Crippen LogP contribution in [-0.2, 0) is 16.1 Å². The van der Waals surface area contributed by atoms with Crippen molar-refractivity contribution in [1.82, 2.24) is 24.9 Å². The van der Waals surface area contributed by atoms with E-state index in [0.29, 0.717) is 13.2 Å². The van der Waals surface area contributed by atoms with Crippen LogP contribution in [0.2, 0.25) is 0 Å². The fraction of sp³-hybridized carbons (Fsp3) is 0.368. The number of amides is 1. The Morgan fingerprint density at radius 2 is 2.15 bits per heavy atom. The molecule has 0 bridgehead atoms. The number of benzene rings is 1. The second-order valence-electron chi connectivity index (χ2n) is 6.67. The third-order valence-corrected chi connectivity index (χ3v) is 4.68. The van der Waals surface area contributed by atoms with Crippen LogP contribution in [0.5, 0.6) is 0 Å². The molecule has 8 heteroatoms. The van der Waals surface area contributed by atoms with Crippen LogP contribution in [0, 0.1) is 6.92 Å². The molecule has 27 heavy (non-hydrogen) atoms. The number of ether oxygens (including phenoxy) is 1. The van der Waals surface area contributed by atoms with E-state index in [2.05, 4.69) is 25.4 Å². The number of carbonyl (C=O) groups is 1. The van der Waals surface area contributed by atoms with Crippen LogP contribution in [0.3, 0.4) is 0 Å². The first-order valence-corrected chi connectivity index (χ1v) is 9.03. The summed E-state index contributed by atoms with van der Waals surface area (Å²) >= 11 is 0. The molecule has 0 saturated carbocycles. The number of fused-ring (bicyclic) bond motifs is 1. The minimum atomic E-state index is -0.0951. The van der Waals surface area contributed by atoms with Crippen LogP contribution in [-0.4, -0.2) is 51.2 Å². The Hall–Kier alpha value is -3.00. The van der Waals surface area contributed by atoms with E-state index in [4.69, 9.17) is 4.74 Å². The third-order valence-electron chi connectivity index (χ3n) is 4.68. The lowest BCUT2D eigenvalue weighted by Crippen LogP contribution is -2.39. The minimum Gasteiger partial charge on any atom is -0.367 e. The molecule has 1 aliphatic rings. The van der Waals surface area contributed by atoms with E-state index in [1.807, 2.05) is 47.9 Å². The summed E-state index contributed by atoms with van der Waals surface area (Å²) in [5.74, 6) is 1.53. The number of rotatable bonds is 6. The van der Waals surface area contributed by atoms with Gasteiger partial charge in [0.15, 0.2) is 5.82 Å². The summed E-state index contributed by atoms with van der Waals surface area (Å²) in [6.45, 7) is 3.91. The number of hydrogen-bond donors (Lipinski definition) is 1. The number of anilines is 1. The van der Waals surface area contributed by atoms with Crippen LogP contribution in [0.15, 0.2) is 42.7 Å². The third kappa shape index (κ3) is 3.90. The van der Waals surface area contributed by atoms with E-state index in [9.17, 15) is 4.79 Å². The van der Waals surface area contributed by atoms with Crippen molar-refractivity contribution >= 4 is 17.4 Å². The number of carbonyl (C=O) groups excluding carboxylic acids is 1. The monoisotopic (exact) mass is 366 g/mol. The van der Waals surface area contributed by atoms with Gasteiger partial charge in [0, 0.05) is 31.5 Å². The van der Waals surface area contributed by atoms with Gasteiger partial charge in [-0.25, -0.2) is 4.98 Å². The average molecular weight is 366 g/mol. The van der Waals surface area contributed by atoms with E-state index in [-0.39, 0.29) is 18.6 Å². The second kappa shape index (κ2) is 7.71. The predicted molar refractivity (Wildman–Crippen MR) is 100 cm³/mol. The molecule has 1 saturated heterocycles. The van der Waals surface area contributed by atoms with Crippen molar-refractivity contribution in [1.29, 1.82) is 0 Å². The normalized spacial score (nSPS) is 16.8. The molecule has 2 aromatic heterocycles. The van der Waals surface area contributed by atoms with E-state index in [1.54, 1.807) is 6.20 Å². The fourth-order valence-electron chi connectivity index (χ4n) is 3.33. The molecule has 1 atom stereocenters. The number of nitrogens with zero attached hydrogens (tertiary/aromatic N) is 5. The largest absolute Gasteiger partial charge is 0.367 e. The first kappa shape index (κ1) is 17.4. The van der Waals surface area contributed by atoms with E-state index in [0.717, 1.165) is 35.8 Å². The Bertz CT molecular complexity index is 926. The van der Waals surface area contributed by atoms with Gasteiger partial charge in [-0.2, -0.15) is 0 Å². The topological polar surface area (TPSA) is 84.7 Å². The van der Waals surface area contributed by atoms with E-state index >= 15 is 0 Å². The van der Waals surface area contributed by atoms with Gasteiger partial charge in [0.2, 0.25) is 11.6 Å². The zero-order valence-corrected chi connectivity index (χ0v) is 15.2. The van der Waals surface area contributed by atoms with Crippen LogP contribution in [0.4, 0.5) is 5.82 Å². The highest BCUT2D eigenvalue weighted by atomic mass is 16.5. The van der Waals surface area contributed by atoms with Gasteiger partial charge in [-0.1, -0.05) is 30.3 Å². The van der Waals surface area contributed by atoms with Crippen LogP contribution < -0.4 is 10.2 Å². The van der Waals surface area contributed by atoms with Crippen LogP contribution in [0.25, 0.3) is 5.65 Å². The molecular weight excluding hydrogens is 344 g/mol. The highest BCUT2D eigenvalue weighted by Gasteiger charge is 2.27. The first-order chi connectivity index (χ1) is 13.2. The molecule has 0 spiro atoms. The molecule has 1 amide bonds. The minimum absolute atomic E-state index is 0.0581. The first-order valence-electron chi connectivity index (χ1n) is 9.03. The predicted octanol–water partition coefficient (Wildman–Crippen LogP) is 1.34. The van der Waals surface area contributed by atoms with Gasteiger partial charge in [-0.15, -0.1) is 10.2 Å².